The van der Waals surface area contributed by atoms with E-state index in [4.69, 9.17) is 22.1 Å². The normalized spacial score (nSPS) is 13.2. The van der Waals surface area contributed by atoms with Gasteiger partial charge in [0.15, 0.2) is 5.82 Å². The van der Waals surface area contributed by atoms with Crippen molar-refractivity contribution in [2.45, 2.75) is 45.3 Å². The number of nitrogens with one attached hydrogen (secondary N) is 2. The Bertz CT molecular complexity index is 1500. The molecule has 2 unspecified atom stereocenters. The van der Waals surface area contributed by atoms with Gasteiger partial charge in [-0.2, -0.15) is 4.98 Å². The number of hydrogen-bond donors (Lipinski definition) is 3. The Balaban J connectivity index is 1.50. The molecular formula is C28H33ClFN5O3S. The molecule has 11 heteroatoms. The number of nitrogens with zero attached hydrogens (tertiary/aromatic N) is 2. The van der Waals surface area contributed by atoms with Crippen LogP contribution in [0.3, 0.4) is 0 Å². The van der Waals surface area contributed by atoms with Crippen molar-refractivity contribution in [2.24, 2.45) is 5.73 Å². The van der Waals surface area contributed by atoms with Crippen LogP contribution in [0.4, 0.5) is 4.39 Å². The molecule has 0 aliphatic rings. The van der Waals surface area contributed by atoms with E-state index in [1.807, 2.05) is 31.2 Å². The highest BCUT2D eigenvalue weighted by atomic mass is 35.5. The van der Waals surface area contributed by atoms with Gasteiger partial charge in [-0.25, -0.2) is 18.1 Å². The van der Waals surface area contributed by atoms with Crippen LogP contribution >= 0.6 is 11.6 Å². The van der Waals surface area contributed by atoms with Gasteiger partial charge in [0.25, 0.3) is 0 Å². The number of rotatable bonds is 13. The van der Waals surface area contributed by atoms with Crippen molar-refractivity contribution in [1.29, 1.82) is 0 Å². The molecule has 2 atom stereocenters. The average molecular weight is 574 g/mol. The highest BCUT2D eigenvalue weighted by molar-refractivity contribution is 7.82. The van der Waals surface area contributed by atoms with Crippen molar-refractivity contribution < 1.29 is 13.3 Å². The summed E-state index contributed by atoms with van der Waals surface area (Å²) in [5.41, 5.74) is 9.13. The Labute approximate surface area is 234 Å². The summed E-state index contributed by atoms with van der Waals surface area (Å²) >= 11 is 6.21. The lowest BCUT2D eigenvalue weighted by Crippen LogP contribution is -2.20. The van der Waals surface area contributed by atoms with Crippen molar-refractivity contribution in [3.05, 3.63) is 81.1 Å². The molecule has 0 radical (unpaired) electrons. The molecule has 0 amide bonds. The topological polar surface area (TPSA) is 115 Å². The molecule has 0 fully saturated rings. The number of H-pyrrole nitrogens is 1. The van der Waals surface area contributed by atoms with Crippen LogP contribution in [0.5, 0.6) is 0 Å². The van der Waals surface area contributed by atoms with Gasteiger partial charge in [-0.1, -0.05) is 23.7 Å². The van der Waals surface area contributed by atoms with Gasteiger partial charge in [0.05, 0.1) is 34.0 Å². The average Bonchev–Trinajstić information content (AvgIpc) is 3.30. The van der Waals surface area contributed by atoms with E-state index >= 15 is 4.39 Å². The van der Waals surface area contributed by atoms with Crippen LogP contribution in [0.25, 0.3) is 28.0 Å². The van der Waals surface area contributed by atoms with Gasteiger partial charge in [0, 0.05) is 42.6 Å². The van der Waals surface area contributed by atoms with Crippen LogP contribution in [0.15, 0.2) is 53.5 Å². The standard InChI is InChI=1S/C28H33ClFN5O3S/c1-18(31)5-3-6-20-13-23(26(30)24(29)14-20)25-15-21-16-35(28(36)34-27(21)33-25)22-9-7-19(8-10-22)17-38-12-4-11-32-39(2)37/h7-10,13-16,18,32H,3-6,11-12,17,31H2,1-2H3,(H,33,34,36). The zero-order valence-corrected chi connectivity index (χ0v) is 23.6. The molecular weight excluding hydrogens is 541 g/mol. The monoisotopic (exact) mass is 573 g/mol. The van der Waals surface area contributed by atoms with Gasteiger partial charge in [0.1, 0.15) is 5.65 Å². The van der Waals surface area contributed by atoms with E-state index in [0.717, 1.165) is 36.8 Å². The minimum atomic E-state index is -1.02. The lowest BCUT2D eigenvalue weighted by atomic mass is 10.0. The van der Waals surface area contributed by atoms with Crippen molar-refractivity contribution in [2.75, 3.05) is 19.4 Å². The molecule has 0 saturated heterocycles. The van der Waals surface area contributed by atoms with Crippen LogP contribution in [-0.2, 0) is 28.8 Å². The fourth-order valence-electron chi connectivity index (χ4n) is 4.27. The first-order chi connectivity index (χ1) is 18.7. The number of aromatic nitrogens is 3. The lowest BCUT2D eigenvalue weighted by molar-refractivity contribution is 0.119. The first-order valence-electron chi connectivity index (χ1n) is 12.8. The molecule has 0 aliphatic carbocycles. The highest BCUT2D eigenvalue weighted by Crippen LogP contribution is 2.31. The maximum absolute atomic E-state index is 15.0. The van der Waals surface area contributed by atoms with Gasteiger partial charge in [-0.05, 0) is 74.1 Å². The number of hydrogen-bond acceptors (Lipinski definition) is 5. The van der Waals surface area contributed by atoms with Crippen molar-refractivity contribution >= 4 is 33.6 Å². The summed E-state index contributed by atoms with van der Waals surface area (Å²) in [7, 11) is -1.02. The van der Waals surface area contributed by atoms with E-state index in [2.05, 4.69) is 14.7 Å². The summed E-state index contributed by atoms with van der Waals surface area (Å²) < 4.78 is 36.0. The zero-order chi connectivity index (χ0) is 27.9. The number of halogens is 2. The van der Waals surface area contributed by atoms with E-state index in [0.29, 0.717) is 47.7 Å². The predicted octanol–water partition coefficient (Wildman–Crippen LogP) is 4.63. The largest absolute Gasteiger partial charge is 0.377 e. The Morgan fingerprint density at radius 3 is 2.69 bits per heavy atom. The van der Waals surface area contributed by atoms with E-state index < -0.39 is 22.5 Å². The summed E-state index contributed by atoms with van der Waals surface area (Å²) in [6, 6.07) is 12.7. The molecule has 0 saturated carbocycles. The molecule has 208 valence electrons. The van der Waals surface area contributed by atoms with Gasteiger partial charge >= 0.3 is 5.69 Å². The number of fused-ring (bicyclic) bond motifs is 1. The summed E-state index contributed by atoms with van der Waals surface area (Å²) in [4.78, 5) is 20.1. The molecule has 0 aliphatic heterocycles. The second-order valence-electron chi connectivity index (χ2n) is 9.61. The number of aromatic amines is 1. The molecule has 2 aromatic heterocycles. The number of ether oxygens (including phenoxy) is 1. The molecule has 39 heavy (non-hydrogen) atoms. The third-order valence-corrected chi connectivity index (χ3v) is 7.15. The molecule has 0 bridgehead atoms. The van der Waals surface area contributed by atoms with Gasteiger partial charge in [-0.3, -0.25) is 4.57 Å². The van der Waals surface area contributed by atoms with Crippen molar-refractivity contribution in [3.8, 4) is 16.9 Å². The molecule has 4 N–H and O–H groups in total. The summed E-state index contributed by atoms with van der Waals surface area (Å²) in [6.45, 7) is 3.56. The zero-order valence-electron chi connectivity index (χ0n) is 22.0. The summed E-state index contributed by atoms with van der Waals surface area (Å²) in [5.74, 6) is -0.524. The Morgan fingerprint density at radius 1 is 1.21 bits per heavy atom. The van der Waals surface area contributed by atoms with E-state index in [1.54, 1.807) is 30.7 Å². The second kappa shape index (κ2) is 13.5. The fraction of sp³-hybridized carbons (Fsp3) is 0.357. The van der Waals surface area contributed by atoms with Gasteiger partial charge < -0.3 is 15.5 Å². The predicted molar refractivity (Wildman–Crippen MR) is 155 cm³/mol. The lowest BCUT2D eigenvalue weighted by Gasteiger charge is -2.09. The van der Waals surface area contributed by atoms with Crippen LogP contribution in [-0.4, -0.2) is 44.2 Å². The highest BCUT2D eigenvalue weighted by Gasteiger charge is 2.15. The third kappa shape index (κ3) is 7.83. The second-order valence-corrected chi connectivity index (χ2v) is 11.2. The first kappa shape index (κ1) is 29.1. The van der Waals surface area contributed by atoms with Crippen molar-refractivity contribution in [1.82, 2.24) is 19.3 Å². The minimum absolute atomic E-state index is 0.0487. The smallest absolute Gasteiger partial charge is 0.354 e. The van der Waals surface area contributed by atoms with Crippen molar-refractivity contribution in [3.63, 3.8) is 0 Å². The van der Waals surface area contributed by atoms with Crippen LogP contribution < -0.4 is 16.1 Å². The SMILES string of the molecule is CC(N)CCCc1cc(Cl)c(F)c(-c2cc3cn(-c4ccc(COCCCNS(C)=O)cc4)c(=O)nc3[nH]2)c1. The van der Waals surface area contributed by atoms with Gasteiger partial charge in [0.2, 0.25) is 0 Å². The van der Waals surface area contributed by atoms with Crippen LogP contribution in [0.2, 0.25) is 5.02 Å². The molecule has 8 nitrogen and oxygen atoms in total. The molecule has 2 heterocycles. The summed E-state index contributed by atoms with van der Waals surface area (Å²) in [6.07, 6.45) is 6.51. The van der Waals surface area contributed by atoms with E-state index in [1.165, 1.54) is 4.57 Å². The van der Waals surface area contributed by atoms with Crippen LogP contribution in [0.1, 0.15) is 37.3 Å². The molecule has 4 aromatic rings. The third-order valence-electron chi connectivity index (χ3n) is 6.27. The summed E-state index contributed by atoms with van der Waals surface area (Å²) in [5, 5.41) is 0.712. The molecule has 2 aromatic carbocycles. The van der Waals surface area contributed by atoms with E-state index in [-0.39, 0.29) is 11.1 Å². The van der Waals surface area contributed by atoms with Gasteiger partial charge in [-0.15, -0.1) is 0 Å². The van der Waals surface area contributed by atoms with E-state index in [9.17, 15) is 9.00 Å². The Kier molecular flexibility index (Phi) is 10.0. The first-order valence-corrected chi connectivity index (χ1v) is 14.7. The molecule has 0 spiro atoms. The Morgan fingerprint density at radius 2 is 1.97 bits per heavy atom. The molecule has 4 rings (SSSR count). The Hall–Kier alpha value is -2.89. The number of nitrogens with two attached hydrogens (primary N) is 1. The fourth-order valence-corrected chi connectivity index (χ4v) is 4.94. The number of benzene rings is 2. The quantitative estimate of drug-likeness (QED) is 0.202. The number of aryl methyl sites for hydroxylation is 1. The maximum Gasteiger partial charge on any atom is 0.354 e. The van der Waals surface area contributed by atoms with Crippen LogP contribution in [0, 0.1) is 5.82 Å². The minimum Gasteiger partial charge on any atom is -0.377 e. The maximum atomic E-state index is 15.0.